The van der Waals surface area contributed by atoms with Crippen molar-refractivity contribution in [2.24, 2.45) is 5.92 Å². The van der Waals surface area contributed by atoms with E-state index in [1.165, 1.54) is 0 Å². The molecule has 0 aromatic carbocycles. The third-order valence-corrected chi connectivity index (χ3v) is 3.29. The summed E-state index contributed by atoms with van der Waals surface area (Å²) in [6, 6.07) is 0. The van der Waals surface area contributed by atoms with Gasteiger partial charge < -0.3 is 15.0 Å². The van der Waals surface area contributed by atoms with Crippen molar-refractivity contribution in [1.29, 1.82) is 0 Å². The molecule has 1 aromatic heterocycles. The maximum Gasteiger partial charge on any atom is 0.225 e. The van der Waals surface area contributed by atoms with Crippen LogP contribution in [0.3, 0.4) is 0 Å². The number of aromatic nitrogens is 2. The molecule has 0 aliphatic carbocycles. The zero-order valence-electron chi connectivity index (χ0n) is 11.2. The first kappa shape index (κ1) is 13.2. The Morgan fingerprint density at radius 1 is 1.33 bits per heavy atom. The van der Waals surface area contributed by atoms with Gasteiger partial charge in [0.2, 0.25) is 5.95 Å². The van der Waals surface area contributed by atoms with Crippen LogP contribution in [0.5, 0.6) is 0 Å². The largest absolute Gasteiger partial charge is 0.381 e. The fraction of sp³-hybridized carbons (Fsp3) is 0.692. The minimum atomic E-state index is 0.698. The second-order valence-corrected chi connectivity index (χ2v) is 4.86. The fourth-order valence-corrected chi connectivity index (χ4v) is 2.24. The van der Waals surface area contributed by atoms with E-state index in [1.54, 1.807) is 0 Å². The first-order chi connectivity index (χ1) is 8.79. The maximum absolute atomic E-state index is 5.37. The van der Waals surface area contributed by atoms with Gasteiger partial charge in [-0.1, -0.05) is 0 Å². The van der Waals surface area contributed by atoms with Crippen molar-refractivity contribution in [3.8, 4) is 0 Å². The van der Waals surface area contributed by atoms with Gasteiger partial charge >= 0.3 is 0 Å². The predicted molar refractivity (Wildman–Crippen MR) is 71.6 cm³/mol. The smallest absolute Gasteiger partial charge is 0.225 e. The summed E-state index contributed by atoms with van der Waals surface area (Å²) in [6.45, 7) is 3.60. The van der Waals surface area contributed by atoms with Crippen molar-refractivity contribution in [3.05, 3.63) is 18.0 Å². The Kier molecular flexibility index (Phi) is 4.90. The highest BCUT2D eigenvalue weighted by atomic mass is 16.5. The number of hydrogen-bond acceptors (Lipinski definition) is 5. The first-order valence-corrected chi connectivity index (χ1v) is 6.54. The summed E-state index contributed by atoms with van der Waals surface area (Å²) in [4.78, 5) is 11.0. The van der Waals surface area contributed by atoms with Gasteiger partial charge in [-0.2, -0.15) is 0 Å². The van der Waals surface area contributed by atoms with Crippen LogP contribution < -0.4 is 10.2 Å². The summed E-state index contributed by atoms with van der Waals surface area (Å²) in [5.41, 5.74) is 1.11. The molecule has 2 rings (SSSR count). The lowest BCUT2D eigenvalue weighted by Gasteiger charge is -2.27. The highest BCUT2D eigenvalue weighted by Crippen LogP contribution is 2.17. The Balaban J connectivity index is 1.89. The normalized spacial score (nSPS) is 16.8. The molecule has 1 aliphatic heterocycles. The molecule has 0 atom stereocenters. The van der Waals surface area contributed by atoms with E-state index in [0.717, 1.165) is 50.7 Å². The van der Waals surface area contributed by atoms with E-state index in [0.29, 0.717) is 5.92 Å². The van der Waals surface area contributed by atoms with E-state index in [4.69, 9.17) is 4.74 Å². The van der Waals surface area contributed by atoms with Crippen molar-refractivity contribution >= 4 is 5.95 Å². The van der Waals surface area contributed by atoms with Crippen molar-refractivity contribution < 1.29 is 4.74 Å². The van der Waals surface area contributed by atoms with Crippen molar-refractivity contribution in [1.82, 2.24) is 15.3 Å². The van der Waals surface area contributed by atoms with E-state index >= 15 is 0 Å². The molecule has 2 heterocycles. The van der Waals surface area contributed by atoms with E-state index in [2.05, 4.69) is 27.2 Å². The lowest BCUT2D eigenvalue weighted by Crippen LogP contribution is -2.30. The molecule has 1 saturated heterocycles. The van der Waals surface area contributed by atoms with Crippen molar-refractivity contribution in [3.63, 3.8) is 0 Å². The summed E-state index contributed by atoms with van der Waals surface area (Å²) in [7, 11) is 3.98. The number of anilines is 1. The molecular formula is C13H22N4O. The summed E-state index contributed by atoms with van der Waals surface area (Å²) >= 11 is 0. The van der Waals surface area contributed by atoms with Crippen molar-refractivity contribution in [2.75, 3.05) is 38.8 Å². The van der Waals surface area contributed by atoms with Gasteiger partial charge in [-0.25, -0.2) is 9.97 Å². The highest BCUT2D eigenvalue weighted by Gasteiger charge is 2.16. The van der Waals surface area contributed by atoms with Crippen LogP contribution in [-0.2, 0) is 11.3 Å². The van der Waals surface area contributed by atoms with Gasteiger partial charge in [0.15, 0.2) is 0 Å². The van der Waals surface area contributed by atoms with Crippen molar-refractivity contribution in [2.45, 2.75) is 19.4 Å². The van der Waals surface area contributed by atoms with Gasteiger partial charge in [0, 0.05) is 51.3 Å². The molecule has 1 N–H and O–H groups in total. The number of nitrogens with one attached hydrogen (secondary N) is 1. The van der Waals surface area contributed by atoms with Crippen LogP contribution in [0.1, 0.15) is 18.4 Å². The lowest BCUT2D eigenvalue weighted by molar-refractivity contribution is 0.0684. The molecular weight excluding hydrogens is 228 g/mol. The molecule has 0 saturated carbocycles. The molecule has 0 unspecified atom stereocenters. The van der Waals surface area contributed by atoms with Gasteiger partial charge in [-0.3, -0.25) is 0 Å². The second kappa shape index (κ2) is 6.66. The van der Waals surface area contributed by atoms with E-state index in [-0.39, 0.29) is 0 Å². The summed E-state index contributed by atoms with van der Waals surface area (Å²) in [5, 5.41) is 3.09. The Morgan fingerprint density at radius 3 is 2.61 bits per heavy atom. The molecule has 18 heavy (non-hydrogen) atoms. The molecule has 1 aliphatic rings. The zero-order chi connectivity index (χ0) is 12.8. The van der Waals surface area contributed by atoms with Gasteiger partial charge in [0.1, 0.15) is 0 Å². The van der Waals surface area contributed by atoms with Gasteiger partial charge in [0.25, 0.3) is 0 Å². The molecule has 100 valence electrons. The SMILES string of the molecule is CNCc1cnc(N(C)CC2CCOCC2)nc1. The van der Waals surface area contributed by atoms with Crippen LogP contribution in [0.2, 0.25) is 0 Å². The molecule has 0 bridgehead atoms. The average molecular weight is 250 g/mol. The standard InChI is InChI=1S/C13H22N4O/c1-14-7-12-8-15-13(16-9-12)17(2)10-11-3-5-18-6-4-11/h8-9,11,14H,3-7,10H2,1-2H3. The molecule has 5 nitrogen and oxygen atoms in total. The topological polar surface area (TPSA) is 50.3 Å². The summed E-state index contributed by atoms with van der Waals surface area (Å²) in [5.74, 6) is 1.51. The summed E-state index contributed by atoms with van der Waals surface area (Å²) < 4.78 is 5.37. The van der Waals surface area contributed by atoms with Gasteiger partial charge in [0.05, 0.1) is 0 Å². The number of ether oxygens (including phenoxy) is 1. The Labute approximate surface area is 109 Å². The van der Waals surface area contributed by atoms with Gasteiger partial charge in [-0.15, -0.1) is 0 Å². The predicted octanol–water partition coefficient (Wildman–Crippen LogP) is 1.06. The molecule has 1 aromatic rings. The molecule has 1 fully saturated rings. The second-order valence-electron chi connectivity index (χ2n) is 4.86. The quantitative estimate of drug-likeness (QED) is 0.847. The Morgan fingerprint density at radius 2 is 2.00 bits per heavy atom. The van der Waals surface area contributed by atoms with Crippen LogP contribution in [0.25, 0.3) is 0 Å². The summed E-state index contributed by atoms with van der Waals surface area (Å²) in [6.07, 6.45) is 6.06. The highest BCUT2D eigenvalue weighted by molar-refractivity contribution is 5.28. The van der Waals surface area contributed by atoms with Crippen LogP contribution >= 0.6 is 0 Å². The fourth-order valence-electron chi connectivity index (χ4n) is 2.24. The van der Waals surface area contributed by atoms with Crippen LogP contribution in [0, 0.1) is 5.92 Å². The maximum atomic E-state index is 5.37. The van der Waals surface area contributed by atoms with E-state index in [1.807, 2.05) is 19.4 Å². The minimum absolute atomic E-state index is 0.698. The monoisotopic (exact) mass is 250 g/mol. The molecule has 0 spiro atoms. The lowest BCUT2D eigenvalue weighted by atomic mass is 10.0. The first-order valence-electron chi connectivity index (χ1n) is 6.54. The number of nitrogens with zero attached hydrogens (tertiary/aromatic N) is 3. The molecule has 0 amide bonds. The number of rotatable bonds is 5. The third kappa shape index (κ3) is 3.65. The van der Waals surface area contributed by atoms with Crippen LogP contribution in [0.4, 0.5) is 5.95 Å². The van der Waals surface area contributed by atoms with Crippen LogP contribution in [0.15, 0.2) is 12.4 Å². The number of hydrogen-bond donors (Lipinski definition) is 1. The molecule has 5 heteroatoms. The average Bonchev–Trinajstić information content (AvgIpc) is 2.41. The minimum Gasteiger partial charge on any atom is -0.381 e. The Hall–Kier alpha value is -1.20. The zero-order valence-corrected chi connectivity index (χ0v) is 11.2. The van der Waals surface area contributed by atoms with E-state index in [9.17, 15) is 0 Å². The van der Waals surface area contributed by atoms with Crippen LogP contribution in [-0.4, -0.2) is 43.8 Å². The van der Waals surface area contributed by atoms with E-state index < -0.39 is 0 Å². The third-order valence-electron chi connectivity index (χ3n) is 3.29. The van der Waals surface area contributed by atoms with Gasteiger partial charge in [-0.05, 0) is 25.8 Å². The molecule has 0 radical (unpaired) electrons. The Bertz CT molecular complexity index is 349.